The molecule has 1 saturated heterocycles. The fourth-order valence-electron chi connectivity index (χ4n) is 2.72. The van der Waals surface area contributed by atoms with E-state index in [9.17, 15) is 4.79 Å². The monoisotopic (exact) mass is 289 g/mol. The first-order chi connectivity index (χ1) is 10.3. The molecule has 116 valence electrons. The van der Waals surface area contributed by atoms with Crippen LogP contribution in [0.1, 0.15) is 38.5 Å². The predicted molar refractivity (Wildman–Crippen MR) is 87.6 cm³/mol. The lowest BCUT2D eigenvalue weighted by atomic mass is 10.1. The summed E-state index contributed by atoms with van der Waals surface area (Å²) in [4.78, 5) is 14.2. The SMILES string of the molecule is O=C(NCCCCCN1CCCCC1)Nc1ccccc1. The molecule has 1 aromatic rings. The topological polar surface area (TPSA) is 44.4 Å². The molecule has 21 heavy (non-hydrogen) atoms. The zero-order valence-electron chi connectivity index (χ0n) is 12.8. The van der Waals surface area contributed by atoms with Gasteiger partial charge in [0.15, 0.2) is 0 Å². The van der Waals surface area contributed by atoms with Crippen LogP contribution in [0, 0.1) is 0 Å². The van der Waals surface area contributed by atoms with Gasteiger partial charge in [-0.25, -0.2) is 4.79 Å². The van der Waals surface area contributed by atoms with E-state index in [4.69, 9.17) is 0 Å². The molecule has 1 fully saturated rings. The number of nitrogens with one attached hydrogen (secondary N) is 2. The van der Waals surface area contributed by atoms with Crippen LogP contribution in [0.3, 0.4) is 0 Å². The molecule has 0 unspecified atom stereocenters. The van der Waals surface area contributed by atoms with E-state index in [0.717, 1.165) is 18.7 Å². The lowest BCUT2D eigenvalue weighted by molar-refractivity contribution is 0.224. The van der Waals surface area contributed by atoms with Gasteiger partial charge in [-0.05, 0) is 57.5 Å². The van der Waals surface area contributed by atoms with Crippen LogP contribution in [0.2, 0.25) is 0 Å². The number of para-hydroxylation sites is 1. The Morgan fingerprint density at radius 1 is 1.00 bits per heavy atom. The molecule has 1 aromatic carbocycles. The van der Waals surface area contributed by atoms with Gasteiger partial charge in [-0.15, -0.1) is 0 Å². The van der Waals surface area contributed by atoms with Crippen molar-refractivity contribution in [2.45, 2.75) is 38.5 Å². The number of carbonyl (C=O) groups is 1. The van der Waals surface area contributed by atoms with E-state index in [1.807, 2.05) is 30.3 Å². The molecular formula is C17H27N3O. The molecule has 0 bridgehead atoms. The molecule has 0 atom stereocenters. The number of hydrogen-bond donors (Lipinski definition) is 2. The predicted octanol–water partition coefficient (Wildman–Crippen LogP) is 3.46. The number of urea groups is 1. The summed E-state index contributed by atoms with van der Waals surface area (Å²) < 4.78 is 0. The van der Waals surface area contributed by atoms with Crippen LogP contribution in [0.25, 0.3) is 0 Å². The number of nitrogens with zero attached hydrogens (tertiary/aromatic N) is 1. The van der Waals surface area contributed by atoms with E-state index in [2.05, 4.69) is 15.5 Å². The molecule has 1 aliphatic heterocycles. The largest absolute Gasteiger partial charge is 0.338 e. The number of rotatable bonds is 7. The highest BCUT2D eigenvalue weighted by atomic mass is 16.2. The van der Waals surface area contributed by atoms with E-state index >= 15 is 0 Å². The van der Waals surface area contributed by atoms with Crippen molar-refractivity contribution < 1.29 is 4.79 Å². The minimum atomic E-state index is -0.114. The van der Waals surface area contributed by atoms with Crippen LogP contribution in [0.5, 0.6) is 0 Å². The van der Waals surface area contributed by atoms with Gasteiger partial charge in [0.05, 0.1) is 0 Å². The Kier molecular flexibility index (Phi) is 7.08. The Morgan fingerprint density at radius 2 is 1.76 bits per heavy atom. The first kappa shape index (κ1) is 15.8. The van der Waals surface area contributed by atoms with E-state index in [1.165, 1.54) is 51.7 Å². The summed E-state index contributed by atoms with van der Waals surface area (Å²) in [6, 6.07) is 9.42. The molecule has 2 rings (SSSR count). The second-order valence-corrected chi connectivity index (χ2v) is 5.71. The molecule has 2 N–H and O–H groups in total. The molecule has 0 aliphatic carbocycles. The maximum atomic E-state index is 11.7. The van der Waals surface area contributed by atoms with Gasteiger partial charge in [0, 0.05) is 12.2 Å². The summed E-state index contributed by atoms with van der Waals surface area (Å²) in [6.45, 7) is 4.52. The summed E-state index contributed by atoms with van der Waals surface area (Å²) in [5.74, 6) is 0. The summed E-state index contributed by atoms with van der Waals surface area (Å²) >= 11 is 0. The minimum Gasteiger partial charge on any atom is -0.338 e. The van der Waals surface area contributed by atoms with Crippen LogP contribution in [0.4, 0.5) is 10.5 Å². The average molecular weight is 289 g/mol. The summed E-state index contributed by atoms with van der Waals surface area (Å²) in [6.07, 6.45) is 7.60. The zero-order chi connectivity index (χ0) is 14.8. The molecule has 1 heterocycles. The third-order valence-corrected chi connectivity index (χ3v) is 3.92. The Labute approximate surface area is 127 Å². The second-order valence-electron chi connectivity index (χ2n) is 5.71. The lowest BCUT2D eigenvalue weighted by Gasteiger charge is -2.26. The van der Waals surface area contributed by atoms with Gasteiger partial charge in [0.25, 0.3) is 0 Å². The zero-order valence-corrected chi connectivity index (χ0v) is 12.8. The number of unbranched alkanes of at least 4 members (excludes halogenated alkanes) is 2. The van der Waals surface area contributed by atoms with Gasteiger partial charge >= 0.3 is 6.03 Å². The Hall–Kier alpha value is -1.55. The van der Waals surface area contributed by atoms with E-state index in [-0.39, 0.29) is 6.03 Å². The molecule has 0 spiro atoms. The van der Waals surface area contributed by atoms with E-state index in [1.54, 1.807) is 0 Å². The summed E-state index contributed by atoms with van der Waals surface area (Å²) in [5.41, 5.74) is 0.833. The Balaban J connectivity index is 1.46. The third-order valence-electron chi connectivity index (χ3n) is 3.92. The third kappa shape index (κ3) is 6.63. The Bertz CT molecular complexity index is 402. The highest BCUT2D eigenvalue weighted by Crippen LogP contribution is 2.09. The quantitative estimate of drug-likeness (QED) is 0.755. The smallest absolute Gasteiger partial charge is 0.319 e. The molecule has 1 aliphatic rings. The van der Waals surface area contributed by atoms with Gasteiger partial charge in [-0.1, -0.05) is 31.0 Å². The molecule has 4 nitrogen and oxygen atoms in total. The maximum absolute atomic E-state index is 11.7. The van der Waals surface area contributed by atoms with Crippen molar-refractivity contribution in [3.05, 3.63) is 30.3 Å². The number of piperidine rings is 1. The van der Waals surface area contributed by atoms with Crippen LogP contribution >= 0.6 is 0 Å². The molecular weight excluding hydrogens is 262 g/mol. The van der Waals surface area contributed by atoms with Crippen molar-refractivity contribution in [3.8, 4) is 0 Å². The highest BCUT2D eigenvalue weighted by molar-refractivity contribution is 5.89. The molecule has 4 heteroatoms. The molecule has 0 aromatic heterocycles. The van der Waals surface area contributed by atoms with Gasteiger partial charge < -0.3 is 15.5 Å². The number of amides is 2. The van der Waals surface area contributed by atoms with E-state index < -0.39 is 0 Å². The van der Waals surface area contributed by atoms with Gasteiger partial charge in [0.1, 0.15) is 0 Å². The van der Waals surface area contributed by atoms with Gasteiger partial charge in [-0.2, -0.15) is 0 Å². The van der Waals surface area contributed by atoms with Crippen molar-refractivity contribution in [2.24, 2.45) is 0 Å². The standard InChI is InChI=1S/C17H27N3O/c21-17(19-16-10-4-1-5-11-16)18-12-6-2-7-13-20-14-8-3-9-15-20/h1,4-5,10-11H,2-3,6-9,12-15H2,(H2,18,19,21). The number of hydrogen-bond acceptors (Lipinski definition) is 2. The maximum Gasteiger partial charge on any atom is 0.319 e. The average Bonchev–Trinajstić information content (AvgIpc) is 2.53. The van der Waals surface area contributed by atoms with Crippen LogP contribution in [-0.4, -0.2) is 37.1 Å². The first-order valence-electron chi connectivity index (χ1n) is 8.17. The minimum absolute atomic E-state index is 0.114. The number of anilines is 1. The van der Waals surface area contributed by atoms with Crippen LogP contribution < -0.4 is 10.6 Å². The lowest BCUT2D eigenvalue weighted by Crippen LogP contribution is -2.31. The number of benzene rings is 1. The fraction of sp³-hybridized carbons (Fsp3) is 0.588. The van der Waals surface area contributed by atoms with Crippen molar-refractivity contribution in [1.82, 2.24) is 10.2 Å². The van der Waals surface area contributed by atoms with Gasteiger partial charge in [0.2, 0.25) is 0 Å². The van der Waals surface area contributed by atoms with Crippen molar-refractivity contribution in [2.75, 3.05) is 31.5 Å². The fourth-order valence-corrected chi connectivity index (χ4v) is 2.72. The first-order valence-corrected chi connectivity index (χ1v) is 8.17. The number of carbonyl (C=O) groups excluding carboxylic acids is 1. The van der Waals surface area contributed by atoms with E-state index in [0.29, 0.717) is 0 Å². The second kappa shape index (κ2) is 9.40. The number of likely N-dealkylation sites (tertiary alicyclic amines) is 1. The molecule has 0 radical (unpaired) electrons. The Morgan fingerprint density at radius 3 is 2.52 bits per heavy atom. The summed E-state index contributed by atoms with van der Waals surface area (Å²) in [5, 5.41) is 5.73. The normalized spacial score (nSPS) is 15.6. The van der Waals surface area contributed by atoms with Crippen molar-refractivity contribution in [3.63, 3.8) is 0 Å². The van der Waals surface area contributed by atoms with Crippen LogP contribution in [-0.2, 0) is 0 Å². The van der Waals surface area contributed by atoms with Crippen molar-refractivity contribution in [1.29, 1.82) is 0 Å². The van der Waals surface area contributed by atoms with Crippen LogP contribution in [0.15, 0.2) is 30.3 Å². The van der Waals surface area contributed by atoms with Gasteiger partial charge in [-0.3, -0.25) is 0 Å². The highest BCUT2D eigenvalue weighted by Gasteiger charge is 2.08. The van der Waals surface area contributed by atoms with Crippen molar-refractivity contribution >= 4 is 11.7 Å². The molecule has 0 saturated carbocycles. The molecule has 2 amide bonds. The summed E-state index contributed by atoms with van der Waals surface area (Å²) in [7, 11) is 0.